The van der Waals surface area contributed by atoms with Crippen LogP contribution in [-0.4, -0.2) is 45.7 Å². The molecule has 0 aromatic heterocycles. The van der Waals surface area contributed by atoms with Gasteiger partial charge in [-0.2, -0.15) is 0 Å². The number of likely N-dealkylation sites (tertiary alicyclic amines) is 1. The van der Waals surface area contributed by atoms with Crippen molar-refractivity contribution in [2.24, 2.45) is 0 Å². The van der Waals surface area contributed by atoms with Crippen molar-refractivity contribution in [2.75, 3.05) is 6.54 Å². The highest BCUT2D eigenvalue weighted by atomic mass is 16.4. The highest BCUT2D eigenvalue weighted by Gasteiger charge is 2.37. The molecule has 1 aromatic rings. The molecule has 1 aliphatic heterocycles. The predicted molar refractivity (Wildman–Crippen MR) is 69.2 cm³/mol. The monoisotopic (exact) mass is 261 g/mol. The van der Waals surface area contributed by atoms with Crippen molar-refractivity contribution in [3.63, 3.8) is 0 Å². The van der Waals surface area contributed by atoms with Gasteiger partial charge >= 0.3 is 5.97 Å². The number of benzene rings is 1. The van der Waals surface area contributed by atoms with Crippen molar-refractivity contribution in [1.82, 2.24) is 4.90 Å². The largest absolute Gasteiger partial charge is 0.480 e. The van der Waals surface area contributed by atoms with Gasteiger partial charge in [-0.15, -0.1) is 0 Å². The fraction of sp³-hybridized carbons (Fsp3) is 0.286. The van der Waals surface area contributed by atoms with Crippen LogP contribution < -0.4 is 0 Å². The van der Waals surface area contributed by atoms with E-state index < -0.39 is 24.0 Å². The van der Waals surface area contributed by atoms with Crippen LogP contribution in [0.1, 0.15) is 12.0 Å². The van der Waals surface area contributed by atoms with E-state index in [9.17, 15) is 14.7 Å². The molecular weight excluding hydrogens is 246 g/mol. The van der Waals surface area contributed by atoms with Gasteiger partial charge in [-0.05, 0) is 11.6 Å². The van der Waals surface area contributed by atoms with E-state index in [0.717, 1.165) is 5.56 Å². The fourth-order valence-electron chi connectivity index (χ4n) is 2.12. The Hall–Kier alpha value is -2.14. The standard InChI is InChI=1S/C14H15NO4/c16-11-8-12(14(18)19)15(9-11)13(17)7-6-10-4-2-1-3-5-10/h1-7,11-12,16H,8-9H2,(H,18,19)/t11-,12-/m0/s1. The van der Waals surface area contributed by atoms with Crippen LogP contribution in [0.4, 0.5) is 0 Å². The molecule has 100 valence electrons. The van der Waals surface area contributed by atoms with Gasteiger partial charge in [0.1, 0.15) is 6.04 Å². The maximum Gasteiger partial charge on any atom is 0.326 e. The number of carboxylic acids is 1. The summed E-state index contributed by atoms with van der Waals surface area (Å²) in [5, 5.41) is 18.5. The van der Waals surface area contributed by atoms with Gasteiger partial charge in [0.25, 0.3) is 0 Å². The minimum Gasteiger partial charge on any atom is -0.480 e. The Bertz CT molecular complexity index is 497. The molecule has 1 saturated heterocycles. The molecule has 1 aliphatic rings. The zero-order valence-corrected chi connectivity index (χ0v) is 10.3. The number of carbonyl (C=O) groups excluding carboxylic acids is 1. The summed E-state index contributed by atoms with van der Waals surface area (Å²) in [6, 6.07) is 8.32. The van der Waals surface area contributed by atoms with Crippen LogP contribution >= 0.6 is 0 Å². The van der Waals surface area contributed by atoms with Crippen molar-refractivity contribution in [2.45, 2.75) is 18.6 Å². The average Bonchev–Trinajstić information content (AvgIpc) is 2.79. The number of aliphatic hydroxyl groups is 1. The van der Waals surface area contributed by atoms with Crippen molar-refractivity contribution in [3.8, 4) is 0 Å². The van der Waals surface area contributed by atoms with E-state index in [2.05, 4.69) is 0 Å². The quantitative estimate of drug-likeness (QED) is 0.787. The first-order valence-electron chi connectivity index (χ1n) is 6.02. The van der Waals surface area contributed by atoms with Crippen LogP contribution in [0.5, 0.6) is 0 Å². The molecule has 19 heavy (non-hydrogen) atoms. The van der Waals surface area contributed by atoms with Crippen molar-refractivity contribution in [3.05, 3.63) is 42.0 Å². The van der Waals surface area contributed by atoms with Crippen LogP contribution in [0.15, 0.2) is 36.4 Å². The Morgan fingerprint density at radius 3 is 2.58 bits per heavy atom. The molecule has 0 aliphatic carbocycles. The summed E-state index contributed by atoms with van der Waals surface area (Å²) < 4.78 is 0. The number of β-amino-alcohol motifs (C(OH)–C–C–N with tert-alkyl or cyclic N) is 1. The third-order valence-electron chi connectivity index (χ3n) is 3.07. The molecule has 1 fully saturated rings. The highest BCUT2D eigenvalue weighted by molar-refractivity contribution is 5.94. The van der Waals surface area contributed by atoms with E-state index >= 15 is 0 Å². The second-order valence-corrected chi connectivity index (χ2v) is 4.48. The predicted octanol–water partition coefficient (Wildman–Crippen LogP) is 0.746. The number of aliphatic carboxylic acids is 1. The molecule has 5 heteroatoms. The Kier molecular flexibility index (Phi) is 3.97. The van der Waals surface area contributed by atoms with E-state index in [-0.39, 0.29) is 13.0 Å². The molecule has 2 rings (SSSR count). The van der Waals surface area contributed by atoms with Crippen LogP contribution in [0.3, 0.4) is 0 Å². The first-order chi connectivity index (χ1) is 9.08. The lowest BCUT2D eigenvalue weighted by molar-refractivity contribution is -0.146. The molecule has 0 saturated carbocycles. The minimum atomic E-state index is -1.09. The second kappa shape index (κ2) is 5.67. The van der Waals surface area contributed by atoms with Gasteiger partial charge in [-0.3, -0.25) is 4.79 Å². The Labute approximate surface area is 110 Å². The summed E-state index contributed by atoms with van der Waals surface area (Å²) in [5.41, 5.74) is 0.863. The zero-order chi connectivity index (χ0) is 13.8. The van der Waals surface area contributed by atoms with Crippen molar-refractivity contribution < 1.29 is 19.8 Å². The number of carboxylic acid groups (broad SMARTS) is 1. The summed E-state index contributed by atoms with van der Waals surface area (Å²) in [4.78, 5) is 24.1. The summed E-state index contributed by atoms with van der Waals surface area (Å²) in [7, 11) is 0. The van der Waals surface area contributed by atoms with Crippen molar-refractivity contribution in [1.29, 1.82) is 0 Å². The molecule has 1 heterocycles. The van der Waals surface area contributed by atoms with Gasteiger partial charge in [-0.1, -0.05) is 30.3 Å². The average molecular weight is 261 g/mol. The van der Waals surface area contributed by atoms with E-state index in [1.165, 1.54) is 11.0 Å². The van der Waals surface area contributed by atoms with Crippen molar-refractivity contribution >= 4 is 18.0 Å². The normalized spacial score (nSPS) is 22.9. The number of hydrogen-bond donors (Lipinski definition) is 2. The number of amides is 1. The first kappa shape index (κ1) is 13.3. The van der Waals surface area contributed by atoms with E-state index in [1.54, 1.807) is 6.08 Å². The van der Waals surface area contributed by atoms with Gasteiger partial charge in [-0.25, -0.2) is 4.79 Å². The van der Waals surface area contributed by atoms with Crippen LogP contribution in [-0.2, 0) is 9.59 Å². The summed E-state index contributed by atoms with van der Waals surface area (Å²) >= 11 is 0. The number of hydrogen-bond acceptors (Lipinski definition) is 3. The number of nitrogens with zero attached hydrogens (tertiary/aromatic N) is 1. The maximum atomic E-state index is 11.9. The molecule has 5 nitrogen and oxygen atoms in total. The maximum absolute atomic E-state index is 11.9. The van der Waals surface area contributed by atoms with Gasteiger partial charge < -0.3 is 15.1 Å². The van der Waals surface area contributed by atoms with Gasteiger partial charge in [0.15, 0.2) is 0 Å². The van der Waals surface area contributed by atoms with Crippen LogP contribution in [0.25, 0.3) is 6.08 Å². The molecule has 0 unspecified atom stereocenters. The van der Waals surface area contributed by atoms with Gasteiger partial charge in [0.05, 0.1) is 6.10 Å². The van der Waals surface area contributed by atoms with E-state index in [4.69, 9.17) is 5.11 Å². The third kappa shape index (κ3) is 3.20. The Morgan fingerprint density at radius 2 is 1.95 bits per heavy atom. The lowest BCUT2D eigenvalue weighted by Gasteiger charge is -2.19. The number of aliphatic hydroxyl groups excluding tert-OH is 1. The summed E-state index contributed by atoms with van der Waals surface area (Å²) in [6.45, 7) is 0.0644. The smallest absolute Gasteiger partial charge is 0.326 e. The Balaban J connectivity index is 2.07. The molecule has 2 N–H and O–H groups in total. The fourth-order valence-corrected chi connectivity index (χ4v) is 2.12. The van der Waals surface area contributed by atoms with Gasteiger partial charge in [0, 0.05) is 19.0 Å². The summed E-state index contributed by atoms with van der Waals surface area (Å²) in [5.74, 6) is -1.48. The minimum absolute atomic E-state index is 0.0644. The highest BCUT2D eigenvalue weighted by Crippen LogP contribution is 2.18. The molecular formula is C14H15NO4. The molecule has 0 spiro atoms. The molecule has 1 amide bonds. The molecule has 0 bridgehead atoms. The third-order valence-corrected chi connectivity index (χ3v) is 3.07. The second-order valence-electron chi connectivity index (χ2n) is 4.48. The zero-order valence-electron chi connectivity index (χ0n) is 10.3. The Morgan fingerprint density at radius 1 is 1.26 bits per heavy atom. The lowest BCUT2D eigenvalue weighted by Crippen LogP contribution is -2.39. The van der Waals surface area contributed by atoms with Crippen LogP contribution in [0, 0.1) is 0 Å². The topological polar surface area (TPSA) is 77.8 Å². The lowest BCUT2D eigenvalue weighted by atomic mass is 10.2. The number of carbonyl (C=O) groups is 2. The SMILES string of the molecule is O=C(O)[C@@H]1C[C@H](O)CN1C(=O)C=Cc1ccccc1. The van der Waals surface area contributed by atoms with Gasteiger partial charge in [0.2, 0.25) is 5.91 Å². The summed E-state index contributed by atoms with van der Waals surface area (Å²) in [6.07, 6.45) is 2.28. The molecule has 1 aromatic carbocycles. The number of rotatable bonds is 3. The first-order valence-corrected chi connectivity index (χ1v) is 6.02. The van der Waals surface area contributed by atoms with Crippen LogP contribution in [0.2, 0.25) is 0 Å². The molecule has 2 atom stereocenters. The van der Waals surface area contributed by atoms with E-state index in [1.807, 2.05) is 30.3 Å². The molecule has 0 radical (unpaired) electrons. The van der Waals surface area contributed by atoms with E-state index in [0.29, 0.717) is 0 Å².